The minimum atomic E-state index is -2.11. The number of aliphatic hydroxyl groups excluding tert-OH is 1. The minimum Gasteiger partial charge on any atom is -0.459 e. The predicted molar refractivity (Wildman–Crippen MR) is 113 cm³/mol. The Morgan fingerprint density at radius 3 is 2.18 bits per heavy atom. The summed E-state index contributed by atoms with van der Waals surface area (Å²) in [5.41, 5.74) is -0.591. The Labute approximate surface area is 171 Å². The van der Waals surface area contributed by atoms with Crippen LogP contribution in [0.4, 0.5) is 0 Å². The van der Waals surface area contributed by atoms with Gasteiger partial charge < -0.3 is 19.6 Å². The van der Waals surface area contributed by atoms with E-state index in [2.05, 4.69) is 39.2 Å². The van der Waals surface area contributed by atoms with Crippen molar-refractivity contribution >= 4 is 20.2 Å². The van der Waals surface area contributed by atoms with Gasteiger partial charge in [-0.15, -0.1) is 0 Å². The van der Waals surface area contributed by atoms with Gasteiger partial charge in [-0.25, -0.2) is 0 Å². The molecule has 0 bridgehead atoms. The zero-order valence-corrected chi connectivity index (χ0v) is 20.1. The lowest BCUT2D eigenvalue weighted by Crippen LogP contribution is -2.63. The number of ether oxygens (including phenoxy) is 1. The minimum absolute atomic E-state index is 0.0113. The summed E-state index contributed by atoms with van der Waals surface area (Å²) < 4.78 is 12.2. The van der Waals surface area contributed by atoms with Gasteiger partial charge >= 0.3 is 5.97 Å². The summed E-state index contributed by atoms with van der Waals surface area (Å²) in [6.07, 6.45) is 0.143. The van der Waals surface area contributed by atoms with Crippen LogP contribution in [0.25, 0.3) is 0 Å². The molecular formula is C20H40N2O5Si. The molecule has 0 aromatic carbocycles. The van der Waals surface area contributed by atoms with Crippen LogP contribution in [0.15, 0.2) is 0 Å². The van der Waals surface area contributed by atoms with E-state index >= 15 is 0 Å². The lowest BCUT2D eigenvalue weighted by Gasteiger charge is -2.47. The Morgan fingerprint density at radius 2 is 1.75 bits per heavy atom. The number of rotatable bonds is 6. The molecule has 28 heavy (non-hydrogen) atoms. The van der Waals surface area contributed by atoms with Crippen molar-refractivity contribution in [3.63, 3.8) is 0 Å². The highest BCUT2D eigenvalue weighted by atomic mass is 28.4. The van der Waals surface area contributed by atoms with E-state index in [4.69, 9.17) is 9.16 Å². The maximum absolute atomic E-state index is 12.9. The number of esters is 1. The summed E-state index contributed by atoms with van der Waals surface area (Å²) in [5.74, 6) is -0.445. The van der Waals surface area contributed by atoms with Gasteiger partial charge in [0.25, 0.3) is 0 Å². The van der Waals surface area contributed by atoms with Gasteiger partial charge in [0.05, 0.1) is 18.8 Å². The van der Waals surface area contributed by atoms with Crippen LogP contribution in [0, 0.1) is 0 Å². The summed E-state index contributed by atoms with van der Waals surface area (Å²) in [6, 6.07) is -0.747. The number of piperidine rings is 1. The Morgan fingerprint density at radius 1 is 1.18 bits per heavy atom. The molecule has 0 aliphatic carbocycles. The molecule has 2 N–H and O–H groups in total. The molecule has 1 saturated heterocycles. The van der Waals surface area contributed by atoms with Gasteiger partial charge in [-0.05, 0) is 38.9 Å². The lowest BCUT2D eigenvalue weighted by molar-refractivity contribution is -0.165. The van der Waals surface area contributed by atoms with Gasteiger partial charge in [-0.1, -0.05) is 20.8 Å². The highest BCUT2D eigenvalue weighted by molar-refractivity contribution is 6.74. The summed E-state index contributed by atoms with van der Waals surface area (Å²) in [5, 5.41) is 12.5. The van der Waals surface area contributed by atoms with Crippen LogP contribution in [0.3, 0.4) is 0 Å². The third-order valence-corrected chi connectivity index (χ3v) is 9.99. The normalized spacial score (nSPS) is 24.7. The largest absolute Gasteiger partial charge is 0.459 e. The standard InChI is InChI=1S/C20H40N2O5Si/c1-14(24)21-15-13-22(10-11-23)16(18(25)26-19(2,3)4)12-17(15)27-28(8,9)20(5,6)7/h15-17,23H,10-13H2,1-9H3,(H,21,24)/t15-,16-,17-/m0/s1. The van der Waals surface area contributed by atoms with Crippen LogP contribution in [0.1, 0.15) is 54.9 Å². The fraction of sp³-hybridized carbons (Fsp3) is 0.900. The Bertz CT molecular complexity index is 554. The van der Waals surface area contributed by atoms with Crippen molar-refractivity contribution in [1.82, 2.24) is 10.2 Å². The Balaban J connectivity index is 3.15. The van der Waals surface area contributed by atoms with Gasteiger partial charge in [-0.2, -0.15) is 0 Å². The fourth-order valence-corrected chi connectivity index (χ4v) is 4.48. The molecule has 1 aliphatic rings. The van der Waals surface area contributed by atoms with E-state index in [0.717, 1.165) is 0 Å². The van der Waals surface area contributed by atoms with Gasteiger partial charge in [0.15, 0.2) is 8.32 Å². The van der Waals surface area contributed by atoms with Crippen molar-refractivity contribution < 1.29 is 23.9 Å². The molecule has 1 heterocycles. The van der Waals surface area contributed by atoms with Gasteiger partial charge in [0, 0.05) is 26.4 Å². The zero-order valence-electron chi connectivity index (χ0n) is 19.1. The molecule has 0 aromatic heterocycles. The van der Waals surface area contributed by atoms with E-state index in [0.29, 0.717) is 19.5 Å². The quantitative estimate of drug-likeness (QED) is 0.510. The third-order valence-electron chi connectivity index (χ3n) is 5.48. The first-order valence-electron chi connectivity index (χ1n) is 10.1. The number of amides is 1. The summed E-state index contributed by atoms with van der Waals surface area (Å²) in [4.78, 5) is 26.5. The van der Waals surface area contributed by atoms with Crippen molar-refractivity contribution in [2.75, 3.05) is 19.7 Å². The van der Waals surface area contributed by atoms with Crippen molar-refractivity contribution in [3.8, 4) is 0 Å². The van der Waals surface area contributed by atoms with Crippen LogP contribution in [-0.4, -0.2) is 73.7 Å². The van der Waals surface area contributed by atoms with Gasteiger partial charge in [0.1, 0.15) is 11.6 Å². The summed E-state index contributed by atoms with van der Waals surface area (Å²) in [6.45, 7) is 18.5. The second-order valence-electron chi connectivity index (χ2n) is 10.2. The topological polar surface area (TPSA) is 88.1 Å². The van der Waals surface area contributed by atoms with Crippen LogP contribution in [-0.2, 0) is 18.8 Å². The van der Waals surface area contributed by atoms with E-state index < -0.39 is 20.0 Å². The number of β-amino-alcohol motifs (C(OH)–C–C–N with tert-alkyl or cyclic N) is 1. The van der Waals surface area contributed by atoms with E-state index in [1.165, 1.54) is 6.92 Å². The number of nitrogens with zero attached hydrogens (tertiary/aromatic N) is 1. The molecule has 7 nitrogen and oxygen atoms in total. The first kappa shape index (κ1) is 25.1. The number of carbonyl (C=O) groups is 2. The number of hydrogen-bond donors (Lipinski definition) is 2. The van der Waals surface area contributed by atoms with Crippen LogP contribution in [0.2, 0.25) is 18.1 Å². The fourth-order valence-electron chi connectivity index (χ4n) is 3.11. The maximum Gasteiger partial charge on any atom is 0.323 e. The molecule has 0 radical (unpaired) electrons. The molecule has 1 fully saturated rings. The molecular weight excluding hydrogens is 376 g/mol. The number of aliphatic hydroxyl groups is 1. The van der Waals surface area contributed by atoms with E-state index in [1.807, 2.05) is 25.7 Å². The molecule has 0 unspecified atom stereocenters. The van der Waals surface area contributed by atoms with Crippen molar-refractivity contribution in [2.45, 2.75) is 96.8 Å². The van der Waals surface area contributed by atoms with Crippen LogP contribution in [0.5, 0.6) is 0 Å². The maximum atomic E-state index is 12.9. The van der Waals surface area contributed by atoms with Gasteiger partial charge in [0.2, 0.25) is 5.91 Å². The van der Waals surface area contributed by atoms with Crippen molar-refractivity contribution in [2.24, 2.45) is 0 Å². The SMILES string of the molecule is CC(=O)N[C@H]1CN(CCO)[C@H](C(=O)OC(C)(C)C)C[C@@H]1O[Si](C)(C)C(C)(C)C. The molecule has 0 spiro atoms. The predicted octanol–water partition coefficient (Wildman–Crippen LogP) is 2.29. The first-order valence-corrected chi connectivity index (χ1v) is 13.0. The molecule has 1 rings (SSSR count). The molecule has 164 valence electrons. The molecule has 0 saturated carbocycles. The highest BCUT2D eigenvalue weighted by Crippen LogP contribution is 2.39. The third kappa shape index (κ3) is 7.13. The smallest absolute Gasteiger partial charge is 0.323 e. The van der Waals surface area contributed by atoms with Crippen molar-refractivity contribution in [1.29, 1.82) is 0 Å². The van der Waals surface area contributed by atoms with Crippen LogP contribution < -0.4 is 5.32 Å². The summed E-state index contributed by atoms with van der Waals surface area (Å²) in [7, 11) is -2.11. The van der Waals surface area contributed by atoms with E-state index in [-0.39, 0.29) is 35.7 Å². The van der Waals surface area contributed by atoms with Gasteiger partial charge in [-0.3, -0.25) is 14.5 Å². The highest BCUT2D eigenvalue weighted by Gasteiger charge is 2.46. The van der Waals surface area contributed by atoms with Crippen molar-refractivity contribution in [3.05, 3.63) is 0 Å². The second-order valence-corrected chi connectivity index (χ2v) is 15.0. The second kappa shape index (κ2) is 9.24. The number of likely N-dealkylation sites (tertiary alicyclic amines) is 1. The molecule has 1 amide bonds. The number of nitrogens with one attached hydrogen (secondary N) is 1. The average Bonchev–Trinajstić information content (AvgIpc) is 2.46. The van der Waals surface area contributed by atoms with E-state index in [1.54, 1.807) is 0 Å². The first-order chi connectivity index (χ1) is 12.6. The Hall–Kier alpha value is -0.963. The molecule has 3 atom stereocenters. The molecule has 1 aliphatic heterocycles. The number of carbonyl (C=O) groups excluding carboxylic acids is 2. The lowest BCUT2D eigenvalue weighted by atomic mass is 9.94. The number of hydrogen-bond acceptors (Lipinski definition) is 6. The monoisotopic (exact) mass is 416 g/mol. The molecule has 8 heteroatoms. The summed E-state index contributed by atoms with van der Waals surface area (Å²) >= 11 is 0. The Kier molecular flexibility index (Phi) is 8.27. The zero-order chi connectivity index (χ0) is 21.9. The average molecular weight is 417 g/mol. The molecule has 0 aromatic rings. The van der Waals surface area contributed by atoms with E-state index in [9.17, 15) is 14.7 Å². The van der Waals surface area contributed by atoms with Crippen LogP contribution >= 0.6 is 0 Å².